The minimum absolute atomic E-state index is 0.0646. The van der Waals surface area contributed by atoms with Crippen LogP contribution in [0.2, 0.25) is 5.02 Å². The van der Waals surface area contributed by atoms with Crippen LogP contribution in [-0.2, 0) is 11.3 Å². The first-order valence-corrected chi connectivity index (χ1v) is 12.6. The molecule has 0 radical (unpaired) electrons. The first-order chi connectivity index (χ1) is 16.9. The first kappa shape index (κ1) is 27.2. The Morgan fingerprint density at radius 1 is 0.944 bits per heavy atom. The third-order valence-corrected chi connectivity index (χ3v) is 7.79. The summed E-state index contributed by atoms with van der Waals surface area (Å²) >= 11 is 6.28. The van der Waals surface area contributed by atoms with Crippen LogP contribution >= 0.6 is 11.6 Å². The Bertz CT molecular complexity index is 913. The Morgan fingerprint density at radius 3 is 2.17 bits per heavy atom. The Kier molecular flexibility index (Phi) is 7.90. The minimum Gasteiger partial charge on any atom is -0.426 e. The van der Waals surface area contributed by atoms with Crippen molar-refractivity contribution in [1.29, 1.82) is 0 Å². The third-order valence-electron chi connectivity index (χ3n) is 7.55. The zero-order valence-corrected chi connectivity index (χ0v) is 20.6. The first-order valence-electron chi connectivity index (χ1n) is 12.2. The van der Waals surface area contributed by atoms with Gasteiger partial charge in [0.15, 0.2) is 0 Å². The van der Waals surface area contributed by atoms with Gasteiger partial charge in [-0.2, -0.15) is 26.3 Å². The van der Waals surface area contributed by atoms with E-state index in [0.717, 1.165) is 62.6 Å². The number of carbonyl (C=O) groups is 1. The van der Waals surface area contributed by atoms with E-state index in [9.17, 15) is 31.1 Å². The van der Waals surface area contributed by atoms with Gasteiger partial charge in [-0.3, -0.25) is 4.90 Å². The van der Waals surface area contributed by atoms with Gasteiger partial charge in [0.25, 0.3) is 6.10 Å². The van der Waals surface area contributed by atoms with E-state index in [2.05, 4.69) is 14.5 Å². The number of halogens is 7. The van der Waals surface area contributed by atoms with E-state index in [1.807, 2.05) is 18.2 Å². The standard InChI is InChI=1S/C24H30ClF6N3O2/c25-18-5-4-17(19(14-18)33-9-2-1-3-10-33)15-32-11-6-22(16-32)7-12-34(13-8-22)21(35)36-20(23(26,27)28)24(29,30)31/h4-5,14,20H,1-3,6-13,15-16H2. The maximum Gasteiger partial charge on any atom is 0.434 e. The average molecular weight is 542 g/mol. The Labute approximate surface area is 211 Å². The van der Waals surface area contributed by atoms with Gasteiger partial charge in [0.05, 0.1) is 0 Å². The fourth-order valence-corrected chi connectivity index (χ4v) is 5.74. The van der Waals surface area contributed by atoms with E-state index < -0.39 is 24.5 Å². The number of benzene rings is 1. The lowest BCUT2D eigenvalue weighted by atomic mass is 9.78. The monoisotopic (exact) mass is 541 g/mol. The number of anilines is 1. The largest absolute Gasteiger partial charge is 0.434 e. The van der Waals surface area contributed by atoms with Gasteiger partial charge in [-0.1, -0.05) is 17.7 Å². The van der Waals surface area contributed by atoms with Gasteiger partial charge in [0.2, 0.25) is 0 Å². The van der Waals surface area contributed by atoms with Crippen LogP contribution in [0.25, 0.3) is 0 Å². The molecule has 1 amide bonds. The molecule has 202 valence electrons. The molecule has 0 unspecified atom stereocenters. The lowest BCUT2D eigenvalue weighted by Gasteiger charge is -2.39. The van der Waals surface area contributed by atoms with Gasteiger partial charge in [-0.05, 0) is 68.2 Å². The zero-order valence-electron chi connectivity index (χ0n) is 19.8. The molecule has 3 fully saturated rings. The van der Waals surface area contributed by atoms with Crippen LogP contribution in [-0.4, -0.2) is 73.6 Å². The molecule has 0 aliphatic carbocycles. The molecular formula is C24H30ClF6N3O2. The highest BCUT2D eigenvalue weighted by Gasteiger charge is 2.60. The van der Waals surface area contributed by atoms with Gasteiger partial charge in [0.1, 0.15) is 0 Å². The molecule has 36 heavy (non-hydrogen) atoms. The predicted molar refractivity (Wildman–Crippen MR) is 123 cm³/mol. The predicted octanol–water partition coefficient (Wildman–Crippen LogP) is 6.25. The van der Waals surface area contributed by atoms with E-state index in [-0.39, 0.29) is 18.5 Å². The number of rotatable bonds is 4. The van der Waals surface area contributed by atoms with Crippen molar-refractivity contribution in [2.24, 2.45) is 5.41 Å². The summed E-state index contributed by atoms with van der Waals surface area (Å²) in [5, 5.41) is 0.690. The molecule has 0 bridgehead atoms. The lowest BCUT2D eigenvalue weighted by Crippen LogP contribution is -2.50. The van der Waals surface area contributed by atoms with Crippen LogP contribution in [0.5, 0.6) is 0 Å². The molecule has 3 aliphatic heterocycles. The van der Waals surface area contributed by atoms with Crippen LogP contribution in [0.15, 0.2) is 18.2 Å². The number of amides is 1. The van der Waals surface area contributed by atoms with Crippen LogP contribution in [0, 0.1) is 5.41 Å². The second kappa shape index (κ2) is 10.5. The van der Waals surface area contributed by atoms with Gasteiger partial charge in [-0.15, -0.1) is 0 Å². The number of nitrogens with zero attached hydrogens (tertiary/aromatic N) is 3. The molecule has 1 spiro atoms. The molecule has 12 heteroatoms. The maximum atomic E-state index is 12.7. The summed E-state index contributed by atoms with van der Waals surface area (Å²) in [7, 11) is 0. The molecule has 3 saturated heterocycles. The van der Waals surface area contributed by atoms with Crippen molar-refractivity contribution >= 4 is 23.4 Å². The van der Waals surface area contributed by atoms with E-state index in [1.54, 1.807) is 0 Å². The summed E-state index contributed by atoms with van der Waals surface area (Å²) in [5.74, 6) is 0. The molecule has 0 saturated carbocycles. The Morgan fingerprint density at radius 2 is 1.56 bits per heavy atom. The smallest absolute Gasteiger partial charge is 0.426 e. The number of carbonyl (C=O) groups excluding carboxylic acids is 1. The quantitative estimate of drug-likeness (QED) is 0.422. The third kappa shape index (κ3) is 6.33. The maximum absolute atomic E-state index is 12.7. The molecule has 0 N–H and O–H groups in total. The summed E-state index contributed by atoms with van der Waals surface area (Å²) in [6.07, 6.45) is -11.8. The highest BCUT2D eigenvalue weighted by molar-refractivity contribution is 6.30. The molecule has 0 atom stereocenters. The Balaban J connectivity index is 1.34. The second-order valence-corrected chi connectivity index (χ2v) is 10.6. The van der Waals surface area contributed by atoms with Crippen LogP contribution in [0.1, 0.15) is 44.1 Å². The van der Waals surface area contributed by atoms with E-state index >= 15 is 0 Å². The number of piperidine rings is 2. The number of ether oxygens (including phenoxy) is 1. The van der Waals surface area contributed by atoms with Crippen molar-refractivity contribution in [3.05, 3.63) is 28.8 Å². The molecule has 4 rings (SSSR count). The van der Waals surface area contributed by atoms with Crippen molar-refractivity contribution in [2.75, 3.05) is 44.2 Å². The minimum atomic E-state index is -5.72. The molecule has 3 aliphatic rings. The SMILES string of the molecule is O=C(OC(C(F)(F)F)C(F)(F)F)N1CCC2(CCN(Cc3ccc(Cl)cc3N3CCCCC3)C2)CC1. The fraction of sp³-hybridized carbons (Fsp3) is 0.708. The normalized spacial score (nSPS) is 21.4. The lowest BCUT2D eigenvalue weighted by molar-refractivity contribution is -0.308. The number of hydrogen-bond acceptors (Lipinski definition) is 4. The average Bonchev–Trinajstić information content (AvgIpc) is 3.19. The molecular weight excluding hydrogens is 512 g/mol. The van der Waals surface area contributed by atoms with Crippen LogP contribution in [0.3, 0.4) is 0 Å². The Hall–Kier alpha value is -1.88. The van der Waals surface area contributed by atoms with E-state index in [4.69, 9.17) is 11.6 Å². The molecule has 3 heterocycles. The molecule has 0 aromatic heterocycles. The summed E-state index contributed by atoms with van der Waals surface area (Å²) < 4.78 is 80.3. The topological polar surface area (TPSA) is 36.0 Å². The fourth-order valence-electron chi connectivity index (χ4n) is 5.57. The summed E-state index contributed by atoms with van der Waals surface area (Å²) in [6, 6.07) is 5.94. The highest BCUT2D eigenvalue weighted by atomic mass is 35.5. The van der Waals surface area contributed by atoms with Crippen molar-refractivity contribution in [2.45, 2.75) is 63.5 Å². The summed E-state index contributed by atoms with van der Waals surface area (Å²) in [6.45, 7) is 4.43. The van der Waals surface area contributed by atoms with Gasteiger partial charge < -0.3 is 14.5 Å². The summed E-state index contributed by atoms with van der Waals surface area (Å²) in [4.78, 5) is 17.8. The van der Waals surface area contributed by atoms with Crippen molar-refractivity contribution in [1.82, 2.24) is 9.80 Å². The second-order valence-electron chi connectivity index (χ2n) is 10.1. The van der Waals surface area contributed by atoms with Crippen LogP contribution in [0.4, 0.5) is 36.8 Å². The summed E-state index contributed by atoms with van der Waals surface area (Å²) in [5.41, 5.74) is 2.20. The molecule has 1 aromatic carbocycles. The molecule has 1 aromatic rings. The van der Waals surface area contributed by atoms with Crippen molar-refractivity contribution in [3.8, 4) is 0 Å². The zero-order chi connectivity index (χ0) is 26.1. The van der Waals surface area contributed by atoms with E-state index in [1.165, 1.54) is 12.0 Å². The molecule has 5 nitrogen and oxygen atoms in total. The highest BCUT2D eigenvalue weighted by Crippen LogP contribution is 2.42. The number of hydrogen-bond donors (Lipinski definition) is 0. The van der Waals surface area contributed by atoms with Crippen LogP contribution < -0.4 is 4.90 Å². The van der Waals surface area contributed by atoms with Crippen molar-refractivity contribution in [3.63, 3.8) is 0 Å². The van der Waals surface area contributed by atoms with Gasteiger partial charge >= 0.3 is 18.4 Å². The number of likely N-dealkylation sites (tertiary alicyclic amines) is 2. The number of alkyl halides is 6. The van der Waals surface area contributed by atoms with E-state index in [0.29, 0.717) is 17.9 Å². The van der Waals surface area contributed by atoms with Gasteiger partial charge in [0, 0.05) is 50.0 Å². The van der Waals surface area contributed by atoms with Crippen molar-refractivity contribution < 1.29 is 35.9 Å². The van der Waals surface area contributed by atoms with Gasteiger partial charge in [-0.25, -0.2) is 4.79 Å².